The van der Waals surface area contributed by atoms with Gasteiger partial charge in [0.1, 0.15) is 12.4 Å². The van der Waals surface area contributed by atoms with Crippen molar-refractivity contribution in [2.24, 2.45) is 4.99 Å². The van der Waals surface area contributed by atoms with Crippen molar-refractivity contribution in [2.75, 3.05) is 7.05 Å². The summed E-state index contributed by atoms with van der Waals surface area (Å²) in [7, 11) is 2.46. The van der Waals surface area contributed by atoms with Crippen LogP contribution in [0.4, 0.5) is 0 Å². The van der Waals surface area contributed by atoms with E-state index in [1.807, 2.05) is 19.3 Å². The van der Waals surface area contributed by atoms with Gasteiger partial charge in [-0.15, -0.1) is 0 Å². The normalized spacial score (nSPS) is 14.7. The summed E-state index contributed by atoms with van der Waals surface area (Å²) in [5.41, 5.74) is 5.03. The second-order valence-corrected chi connectivity index (χ2v) is 10.5. The number of ether oxygens (including phenoxy) is 1. The van der Waals surface area contributed by atoms with Gasteiger partial charge in [-0.05, 0) is 40.8 Å². The molecule has 0 fully saturated rings. The van der Waals surface area contributed by atoms with Crippen molar-refractivity contribution < 1.29 is 4.74 Å². The van der Waals surface area contributed by atoms with Crippen LogP contribution >= 0.6 is 8.58 Å². The molecule has 0 N–H and O–H groups in total. The van der Waals surface area contributed by atoms with Crippen LogP contribution in [0.2, 0.25) is 0 Å². The zero-order chi connectivity index (χ0) is 23.0. The lowest BCUT2D eigenvalue weighted by atomic mass is 9.89. The largest absolute Gasteiger partial charge is 0.488 e. The van der Waals surface area contributed by atoms with Crippen molar-refractivity contribution in [3.05, 3.63) is 95.1 Å². The van der Waals surface area contributed by atoms with Gasteiger partial charge in [0.25, 0.3) is 0 Å². The molecule has 0 aromatic heterocycles. The molecule has 3 atom stereocenters. The summed E-state index contributed by atoms with van der Waals surface area (Å²) in [6.45, 7) is 9.81. The fourth-order valence-electron chi connectivity index (χ4n) is 3.99. The van der Waals surface area contributed by atoms with E-state index in [0.29, 0.717) is 21.1 Å². The molecule has 0 amide bonds. The predicted molar refractivity (Wildman–Crippen MR) is 141 cm³/mol. The highest BCUT2D eigenvalue weighted by Crippen LogP contribution is 2.49. The summed E-state index contributed by atoms with van der Waals surface area (Å²) in [6, 6.07) is 25.8. The van der Waals surface area contributed by atoms with Gasteiger partial charge >= 0.3 is 0 Å². The Morgan fingerprint density at radius 3 is 2.38 bits per heavy atom. The average Bonchev–Trinajstić information content (AvgIpc) is 2.84. The van der Waals surface area contributed by atoms with Crippen LogP contribution in [0.5, 0.6) is 5.75 Å². The first-order chi connectivity index (χ1) is 15.5. The summed E-state index contributed by atoms with van der Waals surface area (Å²) < 4.78 is 6.62. The molecule has 3 unspecified atom stereocenters. The minimum absolute atomic E-state index is 0.0207. The van der Waals surface area contributed by atoms with Gasteiger partial charge in [-0.3, -0.25) is 4.99 Å². The van der Waals surface area contributed by atoms with Crippen molar-refractivity contribution >= 4 is 20.1 Å². The summed E-state index contributed by atoms with van der Waals surface area (Å²) in [4.78, 5) is 4.28. The Labute approximate surface area is 195 Å². The summed E-state index contributed by atoms with van der Waals surface area (Å²) in [5.74, 6) is 1.52. The van der Waals surface area contributed by atoms with Gasteiger partial charge in [-0.1, -0.05) is 109 Å². The molecule has 32 heavy (non-hydrogen) atoms. The maximum Gasteiger partial charge on any atom is 0.127 e. The summed E-state index contributed by atoms with van der Waals surface area (Å²) in [5, 5.41) is 1.33. The van der Waals surface area contributed by atoms with Gasteiger partial charge in [-0.25, -0.2) is 0 Å². The molecule has 0 aliphatic rings. The van der Waals surface area contributed by atoms with Gasteiger partial charge in [0, 0.05) is 24.0 Å². The highest BCUT2D eigenvalue weighted by atomic mass is 31.1. The van der Waals surface area contributed by atoms with E-state index in [0.717, 1.165) is 18.6 Å². The molecule has 3 aromatic carbocycles. The molecule has 3 heteroatoms. The second kappa shape index (κ2) is 11.4. The second-order valence-electron chi connectivity index (χ2n) is 8.59. The van der Waals surface area contributed by atoms with Crippen molar-refractivity contribution in [2.45, 2.75) is 58.2 Å². The Hall–Kier alpha value is -2.44. The highest BCUT2D eigenvalue weighted by molar-refractivity contribution is 7.48. The minimum Gasteiger partial charge on any atom is -0.488 e. The van der Waals surface area contributed by atoms with E-state index in [9.17, 15) is 0 Å². The first-order valence-electron chi connectivity index (χ1n) is 11.6. The lowest BCUT2D eigenvalue weighted by Gasteiger charge is -2.33. The maximum absolute atomic E-state index is 6.62. The van der Waals surface area contributed by atoms with Crippen LogP contribution in [0.25, 0.3) is 0 Å². The van der Waals surface area contributed by atoms with E-state index in [-0.39, 0.29) is 5.16 Å². The number of aliphatic imine (C=N–C) groups is 1. The lowest BCUT2D eigenvalue weighted by molar-refractivity contribution is 0.294. The fraction of sp³-hybridized carbons (Fsp3) is 0.345. The van der Waals surface area contributed by atoms with Gasteiger partial charge in [0.15, 0.2) is 0 Å². The Bertz CT molecular complexity index is 1030. The monoisotopic (exact) mass is 445 g/mol. The third-order valence-electron chi connectivity index (χ3n) is 6.36. The van der Waals surface area contributed by atoms with Crippen molar-refractivity contribution in [1.29, 1.82) is 0 Å². The molecule has 0 bridgehead atoms. The van der Waals surface area contributed by atoms with Crippen molar-refractivity contribution in [1.82, 2.24) is 0 Å². The van der Waals surface area contributed by atoms with E-state index >= 15 is 0 Å². The first kappa shape index (κ1) is 24.2. The summed E-state index contributed by atoms with van der Waals surface area (Å²) >= 11 is 0. The molecule has 2 nitrogen and oxygen atoms in total. The van der Waals surface area contributed by atoms with Crippen LogP contribution in [0, 0.1) is 0 Å². The minimum atomic E-state index is -0.0207. The predicted octanol–water partition coefficient (Wildman–Crippen LogP) is 7.46. The Morgan fingerprint density at radius 1 is 0.969 bits per heavy atom. The van der Waals surface area contributed by atoms with Crippen molar-refractivity contribution in [3.63, 3.8) is 0 Å². The van der Waals surface area contributed by atoms with E-state index < -0.39 is 0 Å². The quantitative estimate of drug-likeness (QED) is 0.234. The van der Waals surface area contributed by atoms with Crippen LogP contribution in [-0.4, -0.2) is 13.3 Å². The van der Waals surface area contributed by atoms with Gasteiger partial charge in [0.05, 0.1) is 0 Å². The number of rotatable bonds is 10. The lowest BCUT2D eigenvalue weighted by Crippen LogP contribution is -2.22. The zero-order valence-electron chi connectivity index (χ0n) is 20.1. The maximum atomic E-state index is 6.62. The molecule has 0 radical (unpaired) electrons. The van der Waals surface area contributed by atoms with E-state index in [2.05, 4.69) is 99.4 Å². The molecular formula is C29H36NOP. The SMILES string of the molecule is CCC(C)c1cccc(C(C)(CC)Pc2ccccc2/C=N/C)c1OCc1ccccc1. The third kappa shape index (κ3) is 5.67. The molecule has 0 saturated heterocycles. The Morgan fingerprint density at radius 2 is 1.69 bits per heavy atom. The molecule has 0 saturated carbocycles. The van der Waals surface area contributed by atoms with Crippen molar-refractivity contribution in [3.8, 4) is 5.75 Å². The molecule has 0 aliphatic carbocycles. The van der Waals surface area contributed by atoms with Crippen LogP contribution in [0.3, 0.4) is 0 Å². The molecule has 3 rings (SSSR count). The summed E-state index contributed by atoms with van der Waals surface area (Å²) in [6.07, 6.45) is 4.10. The molecule has 0 spiro atoms. The van der Waals surface area contributed by atoms with Gasteiger partial charge < -0.3 is 4.74 Å². The fourth-order valence-corrected chi connectivity index (χ4v) is 5.57. The number of hydrogen-bond acceptors (Lipinski definition) is 2. The highest BCUT2D eigenvalue weighted by Gasteiger charge is 2.31. The number of benzene rings is 3. The van der Waals surface area contributed by atoms with Gasteiger partial charge in [0.2, 0.25) is 0 Å². The van der Waals surface area contributed by atoms with Crippen LogP contribution in [-0.2, 0) is 11.8 Å². The molecule has 0 aliphatic heterocycles. The van der Waals surface area contributed by atoms with Crippen LogP contribution in [0.15, 0.2) is 77.8 Å². The molecular weight excluding hydrogens is 409 g/mol. The van der Waals surface area contributed by atoms with Crippen LogP contribution in [0.1, 0.15) is 68.7 Å². The number of nitrogens with zero attached hydrogens (tertiary/aromatic N) is 1. The molecule has 0 heterocycles. The third-order valence-corrected chi connectivity index (χ3v) is 8.26. The number of para-hydroxylation sites is 1. The van der Waals surface area contributed by atoms with E-state index in [4.69, 9.17) is 4.74 Å². The van der Waals surface area contributed by atoms with Gasteiger partial charge in [-0.2, -0.15) is 0 Å². The topological polar surface area (TPSA) is 21.6 Å². The Balaban J connectivity index is 2.05. The molecule has 168 valence electrons. The number of hydrogen-bond donors (Lipinski definition) is 0. The van der Waals surface area contributed by atoms with E-state index in [1.165, 1.54) is 27.6 Å². The smallest absolute Gasteiger partial charge is 0.127 e. The van der Waals surface area contributed by atoms with Crippen LogP contribution < -0.4 is 10.0 Å². The average molecular weight is 446 g/mol. The zero-order valence-corrected chi connectivity index (χ0v) is 21.1. The Kier molecular flexibility index (Phi) is 8.65. The first-order valence-corrected chi connectivity index (χ1v) is 12.6. The molecule has 3 aromatic rings. The van der Waals surface area contributed by atoms with E-state index in [1.54, 1.807) is 0 Å². The standard InChI is InChI=1S/C29H36NOP/c1-6-22(3)25-17-13-18-26(28(25)31-21-23-14-9-8-10-15-23)29(4,7-2)32-27-19-12-11-16-24(27)20-30-5/h8-20,22,32H,6-7,21H2,1-5H3/b30-20+.